The second-order valence-corrected chi connectivity index (χ2v) is 1.83. The highest BCUT2D eigenvalue weighted by Crippen LogP contribution is 2.00. The first-order valence-electron chi connectivity index (χ1n) is 2.74. The lowest BCUT2D eigenvalue weighted by Crippen LogP contribution is -1.84. The van der Waals surface area contributed by atoms with Crippen LogP contribution in [0.15, 0.2) is 12.2 Å². The molecule has 0 N–H and O–H groups in total. The van der Waals surface area contributed by atoms with E-state index in [1.165, 1.54) is 6.08 Å². The lowest BCUT2D eigenvalue weighted by atomic mass is 10.1. The molecule has 0 radical (unpaired) electrons. The van der Waals surface area contributed by atoms with Crippen LogP contribution in [-0.2, 0) is 0 Å². The van der Waals surface area contributed by atoms with E-state index in [2.05, 4.69) is 0 Å². The van der Waals surface area contributed by atoms with Crippen molar-refractivity contribution in [3.05, 3.63) is 12.2 Å². The summed E-state index contributed by atoms with van der Waals surface area (Å²) in [5.74, 6) is 0.203. The normalized spacial score (nSPS) is 12.3. The Labute approximate surface area is 55.0 Å². The minimum absolute atomic E-state index is 0.203. The highest BCUT2D eigenvalue weighted by atomic mass is 14.2. The molecule has 9 heavy (non-hydrogen) atoms. The van der Waals surface area contributed by atoms with Gasteiger partial charge in [0.1, 0.15) is 0 Å². The summed E-state index contributed by atoms with van der Waals surface area (Å²) >= 11 is 0. The van der Waals surface area contributed by atoms with Gasteiger partial charge in [-0.05, 0) is 5.92 Å². The van der Waals surface area contributed by atoms with Gasteiger partial charge < -0.3 is 0 Å². The van der Waals surface area contributed by atoms with Crippen molar-refractivity contribution in [3.63, 3.8) is 0 Å². The van der Waals surface area contributed by atoms with E-state index in [4.69, 9.17) is 10.5 Å². The Bertz CT molecular complexity index is 168. The predicted octanol–water partition coefficient (Wildman–Crippen LogP) is 1.62. The van der Waals surface area contributed by atoms with Crippen LogP contribution >= 0.6 is 0 Å². The van der Waals surface area contributed by atoms with E-state index in [1.807, 2.05) is 19.1 Å². The van der Waals surface area contributed by atoms with Crippen LogP contribution < -0.4 is 0 Å². The summed E-state index contributed by atoms with van der Waals surface area (Å²) in [6.07, 6.45) is 3.61. The van der Waals surface area contributed by atoms with Crippen LogP contribution in [0.5, 0.6) is 0 Å². The Morgan fingerprint density at radius 3 is 2.67 bits per heavy atom. The van der Waals surface area contributed by atoms with E-state index < -0.39 is 0 Å². The summed E-state index contributed by atoms with van der Waals surface area (Å²) in [7, 11) is 0. The average molecular weight is 120 g/mol. The van der Waals surface area contributed by atoms with Gasteiger partial charge >= 0.3 is 0 Å². The van der Waals surface area contributed by atoms with Gasteiger partial charge in [-0.1, -0.05) is 13.0 Å². The Morgan fingerprint density at radius 2 is 2.22 bits per heavy atom. The number of rotatable bonds is 2. The maximum atomic E-state index is 8.17. The Kier molecular flexibility index (Phi) is 4.18. The molecule has 1 unspecified atom stereocenters. The molecule has 0 aromatic rings. The Balaban J connectivity index is 3.55. The first-order chi connectivity index (χ1) is 4.31. The zero-order valence-electron chi connectivity index (χ0n) is 5.33. The van der Waals surface area contributed by atoms with E-state index >= 15 is 0 Å². The number of nitriles is 2. The van der Waals surface area contributed by atoms with Crippen LogP contribution in [0.2, 0.25) is 0 Å². The summed E-state index contributed by atoms with van der Waals surface area (Å²) in [4.78, 5) is 0. The molecule has 0 aliphatic rings. The largest absolute Gasteiger partial charge is 0.198 e. The third kappa shape index (κ3) is 4.58. The van der Waals surface area contributed by atoms with Gasteiger partial charge in [0.15, 0.2) is 0 Å². The minimum Gasteiger partial charge on any atom is -0.198 e. The van der Waals surface area contributed by atoms with Crippen LogP contribution in [-0.4, -0.2) is 0 Å². The van der Waals surface area contributed by atoms with Crippen molar-refractivity contribution in [2.75, 3.05) is 0 Å². The molecular formula is C7H8N2. The molecule has 0 aromatic carbocycles. The second kappa shape index (κ2) is 4.87. The van der Waals surface area contributed by atoms with Crippen molar-refractivity contribution < 1.29 is 0 Å². The number of allylic oxidation sites excluding steroid dienone is 2. The smallest absolute Gasteiger partial charge is 0.0908 e. The van der Waals surface area contributed by atoms with Gasteiger partial charge in [0, 0.05) is 12.5 Å². The van der Waals surface area contributed by atoms with Crippen LogP contribution in [0.25, 0.3) is 0 Å². The SMILES string of the molecule is CC(C=CC#N)CC#N. The quantitative estimate of drug-likeness (QED) is 0.520. The van der Waals surface area contributed by atoms with Crippen LogP contribution in [0, 0.1) is 28.6 Å². The first kappa shape index (κ1) is 7.72. The van der Waals surface area contributed by atoms with Crippen molar-refractivity contribution in [2.45, 2.75) is 13.3 Å². The van der Waals surface area contributed by atoms with E-state index in [9.17, 15) is 0 Å². The molecule has 0 aliphatic carbocycles. The highest BCUT2D eigenvalue weighted by Gasteiger charge is 1.91. The summed E-state index contributed by atoms with van der Waals surface area (Å²) in [5, 5.41) is 16.2. The van der Waals surface area contributed by atoms with Crippen molar-refractivity contribution in [1.82, 2.24) is 0 Å². The van der Waals surface area contributed by atoms with Gasteiger partial charge in [-0.3, -0.25) is 0 Å². The second-order valence-electron chi connectivity index (χ2n) is 1.83. The number of nitrogens with zero attached hydrogens (tertiary/aromatic N) is 2. The minimum atomic E-state index is 0.203. The molecule has 0 fully saturated rings. The predicted molar refractivity (Wildman–Crippen MR) is 34.1 cm³/mol. The summed E-state index contributed by atoms with van der Waals surface area (Å²) in [5.41, 5.74) is 0. The van der Waals surface area contributed by atoms with Crippen molar-refractivity contribution in [1.29, 1.82) is 10.5 Å². The molecule has 46 valence electrons. The van der Waals surface area contributed by atoms with Gasteiger partial charge in [-0.25, -0.2) is 0 Å². The molecule has 0 saturated carbocycles. The van der Waals surface area contributed by atoms with Gasteiger partial charge in [0.05, 0.1) is 12.1 Å². The molecule has 0 aromatic heterocycles. The monoisotopic (exact) mass is 120 g/mol. The maximum absolute atomic E-state index is 8.17. The van der Waals surface area contributed by atoms with Gasteiger partial charge in [0.25, 0.3) is 0 Å². The molecule has 2 nitrogen and oxygen atoms in total. The molecule has 2 heteroatoms. The maximum Gasteiger partial charge on any atom is 0.0908 e. The Morgan fingerprint density at radius 1 is 1.56 bits per heavy atom. The van der Waals surface area contributed by atoms with E-state index in [1.54, 1.807) is 6.08 Å². The fourth-order valence-electron chi connectivity index (χ4n) is 0.419. The zero-order valence-corrected chi connectivity index (χ0v) is 5.33. The molecule has 0 aliphatic heterocycles. The molecular weight excluding hydrogens is 112 g/mol. The van der Waals surface area contributed by atoms with Crippen LogP contribution in [0.4, 0.5) is 0 Å². The molecule has 0 spiro atoms. The summed E-state index contributed by atoms with van der Waals surface area (Å²) in [6.45, 7) is 1.90. The molecule has 0 heterocycles. The summed E-state index contributed by atoms with van der Waals surface area (Å²) in [6, 6.07) is 3.88. The van der Waals surface area contributed by atoms with E-state index in [0.717, 1.165) is 0 Å². The first-order valence-corrected chi connectivity index (χ1v) is 2.74. The fourth-order valence-corrected chi connectivity index (χ4v) is 0.419. The molecule has 0 rings (SSSR count). The van der Waals surface area contributed by atoms with Crippen molar-refractivity contribution >= 4 is 0 Å². The van der Waals surface area contributed by atoms with Crippen molar-refractivity contribution in [2.24, 2.45) is 5.92 Å². The third-order valence-corrected chi connectivity index (χ3v) is 0.913. The van der Waals surface area contributed by atoms with Crippen LogP contribution in [0.1, 0.15) is 13.3 Å². The number of hydrogen-bond acceptors (Lipinski definition) is 2. The molecule has 0 amide bonds. The lowest BCUT2D eigenvalue weighted by molar-refractivity contribution is 0.753. The topological polar surface area (TPSA) is 47.6 Å². The average Bonchev–Trinajstić information content (AvgIpc) is 1.85. The molecule has 0 bridgehead atoms. The Hall–Kier alpha value is -1.28. The molecule has 1 atom stereocenters. The van der Waals surface area contributed by atoms with Gasteiger partial charge in [0.2, 0.25) is 0 Å². The summed E-state index contributed by atoms with van der Waals surface area (Å²) < 4.78 is 0. The molecule has 0 saturated heterocycles. The number of hydrogen-bond donors (Lipinski definition) is 0. The van der Waals surface area contributed by atoms with Gasteiger partial charge in [-0.15, -0.1) is 0 Å². The van der Waals surface area contributed by atoms with Crippen LogP contribution in [0.3, 0.4) is 0 Å². The highest BCUT2D eigenvalue weighted by molar-refractivity contribution is 5.04. The van der Waals surface area contributed by atoms with E-state index in [-0.39, 0.29) is 5.92 Å². The third-order valence-electron chi connectivity index (χ3n) is 0.913. The standard InChI is InChI=1S/C7H8N2/c1-7(4-6-9)3-2-5-8/h2-3,7H,4H2,1H3. The van der Waals surface area contributed by atoms with Gasteiger partial charge in [-0.2, -0.15) is 10.5 Å². The lowest BCUT2D eigenvalue weighted by Gasteiger charge is -1.92. The zero-order chi connectivity index (χ0) is 7.11. The fraction of sp³-hybridized carbons (Fsp3) is 0.429. The van der Waals surface area contributed by atoms with E-state index in [0.29, 0.717) is 6.42 Å². The van der Waals surface area contributed by atoms with Crippen molar-refractivity contribution in [3.8, 4) is 12.1 Å².